The summed E-state index contributed by atoms with van der Waals surface area (Å²) in [6.45, 7) is 3.14. The Labute approximate surface area is 231 Å². The molecule has 1 nitrogen and oxygen atoms in total. The van der Waals surface area contributed by atoms with E-state index in [4.69, 9.17) is 4.74 Å². The Kier molecular flexibility index (Phi) is 15.9. The zero-order valence-corrected chi connectivity index (χ0v) is 26.5. The van der Waals surface area contributed by atoms with Crippen molar-refractivity contribution in [2.24, 2.45) is 0 Å². The van der Waals surface area contributed by atoms with Crippen molar-refractivity contribution in [3.63, 3.8) is 0 Å². The van der Waals surface area contributed by atoms with Crippen molar-refractivity contribution in [3.8, 4) is 5.75 Å². The van der Waals surface area contributed by atoms with Gasteiger partial charge in [-0.3, -0.25) is 0 Å². The van der Waals surface area contributed by atoms with Gasteiger partial charge in [0.1, 0.15) is 5.75 Å². The van der Waals surface area contributed by atoms with Gasteiger partial charge in [-0.05, 0) is 42.8 Å². The van der Waals surface area contributed by atoms with Gasteiger partial charge >= 0.3 is 57.6 Å². The van der Waals surface area contributed by atoms with Crippen molar-refractivity contribution < 1.29 is 42.8 Å². The van der Waals surface area contributed by atoms with Crippen molar-refractivity contribution in [2.75, 3.05) is 6.61 Å². The first-order valence-electron chi connectivity index (χ1n) is 13.3. The molecule has 0 aliphatic carbocycles. The summed E-state index contributed by atoms with van der Waals surface area (Å²) in [5.41, 5.74) is 0. The Morgan fingerprint density at radius 3 is 1.35 bits per heavy atom. The maximum atomic E-state index is 9.93. The molecule has 0 aliphatic heterocycles. The van der Waals surface area contributed by atoms with Gasteiger partial charge in [-0.15, -0.1) is 0 Å². The van der Waals surface area contributed by atoms with Gasteiger partial charge in [-0.1, -0.05) is 109 Å². The van der Waals surface area contributed by atoms with Crippen LogP contribution in [0.3, 0.4) is 0 Å². The van der Waals surface area contributed by atoms with Crippen LogP contribution in [0.2, 0.25) is 0 Å². The van der Waals surface area contributed by atoms with Crippen LogP contribution in [0.1, 0.15) is 96.8 Å². The van der Waals surface area contributed by atoms with Gasteiger partial charge in [0.25, 0.3) is 0 Å². The Bertz CT molecular complexity index is 818. The van der Waals surface area contributed by atoms with Gasteiger partial charge < -0.3 is 4.74 Å². The SMILES string of the molecule is CCCCCCCCCCCCCCCCOc1ccc([I+]c2ccccc2)cc1.[F][Sb-]([F])([F])([F])([F])[F]. The van der Waals surface area contributed by atoms with Gasteiger partial charge in [-0.25, -0.2) is 0 Å². The molecule has 0 unspecified atom stereocenters. The molecule has 0 fully saturated rings. The van der Waals surface area contributed by atoms with E-state index in [9.17, 15) is 16.9 Å². The van der Waals surface area contributed by atoms with Gasteiger partial charge in [-0.2, -0.15) is 0 Å². The normalized spacial score (nSPS) is 13.3. The first-order chi connectivity index (χ1) is 17.3. The standard InChI is InChI=1S/C28H42IO.6FH.Sb/c1-2-3-4-5-6-7-8-9-10-11-12-13-14-18-25-30-28-23-21-27(22-24-28)29-26-19-16-15-17-20-26;;;;;;;/h15-17,19-24H,2-14,18,25H2,1H3;6*1H;/q+1;;;;;;;+5/p-6. The fourth-order valence-electron chi connectivity index (χ4n) is 3.68. The van der Waals surface area contributed by atoms with Crippen LogP contribution in [-0.4, -0.2) is 26.1 Å². The Hall–Kier alpha value is -0.632. The third kappa shape index (κ3) is 26.8. The van der Waals surface area contributed by atoms with Crippen LogP contribution in [0.25, 0.3) is 0 Å². The molecule has 0 spiro atoms. The summed E-state index contributed by atoms with van der Waals surface area (Å²) < 4.78 is 68.4. The maximum absolute atomic E-state index is 11.2. The number of rotatable bonds is 18. The van der Waals surface area contributed by atoms with E-state index in [0.717, 1.165) is 12.4 Å². The van der Waals surface area contributed by atoms with Crippen LogP contribution in [0.4, 0.5) is 16.9 Å². The fraction of sp³-hybridized carbons (Fsp3) is 0.571. The summed E-state index contributed by atoms with van der Waals surface area (Å²) in [6, 6.07) is 19.6. The minimum absolute atomic E-state index is 0.0748. The Morgan fingerprint density at radius 2 is 0.919 bits per heavy atom. The number of unbranched alkanes of at least 4 members (excludes halogenated alkanes) is 13. The first kappa shape index (κ1) is 34.4. The molecule has 0 aliphatic rings. The summed E-state index contributed by atoms with van der Waals surface area (Å²) in [5, 5.41) is 0. The van der Waals surface area contributed by atoms with Crippen molar-refractivity contribution in [3.05, 3.63) is 61.7 Å². The van der Waals surface area contributed by atoms with Crippen molar-refractivity contribution in [1.82, 2.24) is 0 Å². The van der Waals surface area contributed by atoms with Gasteiger partial charge in [0.15, 0.2) is 7.14 Å². The Balaban J connectivity index is 0.000000856. The summed E-state index contributed by atoms with van der Waals surface area (Å²) in [5.74, 6) is 1.02. The first-order valence-corrected chi connectivity index (χ1v) is 21.3. The van der Waals surface area contributed by atoms with Gasteiger partial charge in [0.05, 0.1) is 6.61 Å². The van der Waals surface area contributed by atoms with E-state index in [1.54, 1.807) is 0 Å². The molecule has 2 rings (SSSR count). The number of benzene rings is 2. The third-order valence-electron chi connectivity index (χ3n) is 5.53. The van der Waals surface area contributed by atoms with Crippen molar-refractivity contribution >= 4 is 19.5 Å². The van der Waals surface area contributed by atoms with Crippen LogP contribution in [0, 0.1) is 7.14 Å². The van der Waals surface area contributed by atoms with E-state index in [-0.39, 0.29) is 21.2 Å². The van der Waals surface area contributed by atoms with Crippen molar-refractivity contribution in [1.29, 1.82) is 0 Å². The molecule has 9 heteroatoms. The Morgan fingerprint density at radius 1 is 0.541 bits per heavy atom. The summed E-state index contributed by atoms with van der Waals surface area (Å²) in [6.07, 6.45) is 19.6. The van der Waals surface area contributed by atoms with E-state index < -0.39 is 19.5 Å². The average molecular weight is 757 g/mol. The van der Waals surface area contributed by atoms with E-state index in [2.05, 4.69) is 61.5 Å². The number of hydrogen-bond donors (Lipinski definition) is 0. The monoisotopic (exact) mass is 756 g/mol. The molecule has 0 aromatic heterocycles. The summed E-state index contributed by atoms with van der Waals surface area (Å²) in [4.78, 5) is 0. The topological polar surface area (TPSA) is 9.23 Å². The molecule has 0 heterocycles. The second kappa shape index (κ2) is 17.1. The summed E-state index contributed by atoms with van der Waals surface area (Å²) >= 11 is -11.3. The molecule has 0 bridgehead atoms. The molecule has 214 valence electrons. The van der Waals surface area contributed by atoms with Gasteiger partial charge in [0.2, 0.25) is 0 Å². The molecule has 37 heavy (non-hydrogen) atoms. The fourth-order valence-corrected chi connectivity index (χ4v) is 5.90. The summed E-state index contributed by atoms with van der Waals surface area (Å²) in [7, 11) is 0. The minimum atomic E-state index is -11.2. The molecule has 0 radical (unpaired) electrons. The quantitative estimate of drug-likeness (QED) is 0.0653. The number of ether oxygens (including phenoxy) is 1. The van der Waals surface area contributed by atoms with Crippen LogP contribution in [-0.2, 0) is 0 Å². The third-order valence-corrected chi connectivity index (χ3v) is 8.22. The number of hydrogen-bond acceptors (Lipinski definition) is 1. The van der Waals surface area contributed by atoms with Crippen molar-refractivity contribution in [2.45, 2.75) is 96.8 Å². The van der Waals surface area contributed by atoms with Crippen LogP contribution in [0.15, 0.2) is 54.6 Å². The molecule has 0 N–H and O–H groups in total. The van der Waals surface area contributed by atoms with Gasteiger partial charge in [0, 0.05) is 0 Å². The van der Waals surface area contributed by atoms with Crippen LogP contribution < -0.4 is 25.9 Å². The molecule has 0 amide bonds. The average Bonchev–Trinajstić information content (AvgIpc) is 2.81. The zero-order chi connectivity index (χ0) is 27.5. The molecule has 0 saturated carbocycles. The second-order valence-corrected chi connectivity index (χ2v) is 17.7. The van der Waals surface area contributed by atoms with E-state index >= 15 is 0 Å². The molecular formula is C28H42F6IOSb. The van der Waals surface area contributed by atoms with Crippen LogP contribution >= 0.6 is 0 Å². The van der Waals surface area contributed by atoms with E-state index in [0.29, 0.717) is 0 Å². The second-order valence-electron chi connectivity index (χ2n) is 9.25. The molecule has 0 saturated heterocycles. The molecular weight excluding hydrogens is 715 g/mol. The van der Waals surface area contributed by atoms with E-state index in [1.807, 2.05) is 0 Å². The van der Waals surface area contributed by atoms with E-state index in [1.165, 1.54) is 97.0 Å². The zero-order valence-electron chi connectivity index (χ0n) is 21.8. The predicted molar refractivity (Wildman–Crippen MR) is 138 cm³/mol. The van der Waals surface area contributed by atoms with Crippen LogP contribution in [0.5, 0.6) is 5.75 Å². The molecule has 2 aromatic carbocycles. The predicted octanol–water partition coefficient (Wildman–Crippen LogP) is 7.82. The molecule has 2 aromatic rings. The molecule has 0 atom stereocenters. The number of halogens is 7.